The van der Waals surface area contributed by atoms with Gasteiger partial charge in [-0.2, -0.15) is 0 Å². The molecule has 2 aromatic heterocycles. The molecule has 0 bridgehead atoms. The van der Waals surface area contributed by atoms with Gasteiger partial charge in [0, 0.05) is 13.2 Å². The zero-order valence-electron chi connectivity index (χ0n) is 6.98. The minimum atomic E-state index is 0.577. The van der Waals surface area contributed by atoms with Crippen LogP contribution in [0.4, 0.5) is 0 Å². The summed E-state index contributed by atoms with van der Waals surface area (Å²) in [7, 11) is 3.53. The van der Waals surface area contributed by atoms with Crippen LogP contribution in [0.3, 0.4) is 0 Å². The van der Waals surface area contributed by atoms with Crippen LogP contribution in [0.1, 0.15) is 0 Å². The van der Waals surface area contributed by atoms with E-state index in [2.05, 4.69) is 9.97 Å². The summed E-state index contributed by atoms with van der Waals surface area (Å²) in [4.78, 5) is 8.21. The number of imidazole rings is 1. The van der Waals surface area contributed by atoms with E-state index in [1.807, 2.05) is 17.7 Å². The van der Waals surface area contributed by atoms with E-state index in [1.165, 1.54) is 0 Å². The van der Waals surface area contributed by atoms with E-state index in [0.717, 1.165) is 11.0 Å². The van der Waals surface area contributed by atoms with Crippen molar-refractivity contribution in [1.82, 2.24) is 14.5 Å². The van der Waals surface area contributed by atoms with Gasteiger partial charge in [0.1, 0.15) is 0 Å². The lowest BCUT2D eigenvalue weighted by Crippen LogP contribution is -1.89. The summed E-state index contributed by atoms with van der Waals surface area (Å²) in [6.45, 7) is 0. The van der Waals surface area contributed by atoms with Gasteiger partial charge in [0.05, 0.1) is 19.0 Å². The van der Waals surface area contributed by atoms with Gasteiger partial charge in [0.15, 0.2) is 5.52 Å². The van der Waals surface area contributed by atoms with E-state index in [1.54, 1.807) is 19.6 Å². The second-order valence-corrected chi connectivity index (χ2v) is 2.54. The number of nitrogens with zero attached hydrogens (tertiary/aromatic N) is 3. The molecule has 2 heterocycles. The van der Waals surface area contributed by atoms with Crippen molar-refractivity contribution in [2.45, 2.75) is 0 Å². The Bertz CT molecular complexity index is 408. The highest BCUT2D eigenvalue weighted by Gasteiger charge is 2.05. The molecule has 0 aliphatic heterocycles. The lowest BCUT2D eigenvalue weighted by atomic mass is 10.4. The average Bonchev–Trinajstić information content (AvgIpc) is 2.48. The molecule has 0 unspecified atom stereocenters. The molecular weight excluding hydrogens is 154 g/mol. The third kappa shape index (κ3) is 0.845. The number of ether oxygens (including phenoxy) is 1. The van der Waals surface area contributed by atoms with Gasteiger partial charge >= 0.3 is 0 Å². The van der Waals surface area contributed by atoms with Gasteiger partial charge in [-0.05, 0) is 6.07 Å². The normalized spacial score (nSPS) is 10.5. The third-order valence-corrected chi connectivity index (χ3v) is 1.80. The average molecular weight is 163 g/mol. The van der Waals surface area contributed by atoms with Crippen LogP contribution in [0.5, 0.6) is 5.88 Å². The molecule has 4 nitrogen and oxygen atoms in total. The van der Waals surface area contributed by atoms with E-state index < -0.39 is 0 Å². The first-order chi connectivity index (χ1) is 5.83. The molecule has 0 amide bonds. The lowest BCUT2D eigenvalue weighted by Gasteiger charge is -1.98. The number of pyridine rings is 1. The highest BCUT2D eigenvalue weighted by atomic mass is 16.5. The van der Waals surface area contributed by atoms with Crippen molar-refractivity contribution < 1.29 is 4.74 Å². The van der Waals surface area contributed by atoms with Gasteiger partial charge in [-0.1, -0.05) is 0 Å². The first-order valence-electron chi connectivity index (χ1n) is 3.63. The lowest BCUT2D eigenvalue weighted by molar-refractivity contribution is 0.402. The van der Waals surface area contributed by atoms with Gasteiger partial charge < -0.3 is 9.30 Å². The Kier molecular flexibility index (Phi) is 1.46. The topological polar surface area (TPSA) is 39.9 Å². The Morgan fingerprint density at radius 3 is 3.00 bits per heavy atom. The summed E-state index contributed by atoms with van der Waals surface area (Å²) in [5.74, 6) is 0.577. The Labute approximate surface area is 69.8 Å². The molecule has 0 saturated heterocycles. The van der Waals surface area contributed by atoms with Crippen molar-refractivity contribution in [1.29, 1.82) is 0 Å². The summed E-state index contributed by atoms with van der Waals surface area (Å²) in [5, 5.41) is 0. The SMILES string of the molecule is COc1nccc2c1ncn2C. The molecule has 0 saturated carbocycles. The highest BCUT2D eigenvalue weighted by Crippen LogP contribution is 2.19. The minimum absolute atomic E-state index is 0.577. The standard InChI is InChI=1S/C8H9N3O/c1-11-5-10-7-6(11)3-4-9-8(7)12-2/h3-5H,1-2H3. The Hall–Kier alpha value is -1.58. The second kappa shape index (κ2) is 2.48. The van der Waals surface area contributed by atoms with Crippen molar-refractivity contribution in [2.24, 2.45) is 7.05 Å². The zero-order chi connectivity index (χ0) is 8.55. The predicted molar refractivity (Wildman–Crippen MR) is 45.1 cm³/mol. The van der Waals surface area contributed by atoms with E-state index >= 15 is 0 Å². The fraction of sp³-hybridized carbons (Fsp3) is 0.250. The van der Waals surface area contributed by atoms with Crippen molar-refractivity contribution in [2.75, 3.05) is 7.11 Å². The fourth-order valence-corrected chi connectivity index (χ4v) is 1.19. The largest absolute Gasteiger partial charge is 0.479 e. The molecule has 0 atom stereocenters. The number of fused-ring (bicyclic) bond motifs is 1. The third-order valence-electron chi connectivity index (χ3n) is 1.80. The maximum Gasteiger partial charge on any atom is 0.241 e. The summed E-state index contributed by atoms with van der Waals surface area (Å²) in [6.07, 6.45) is 3.46. The van der Waals surface area contributed by atoms with Crippen LogP contribution in [0.25, 0.3) is 11.0 Å². The van der Waals surface area contributed by atoms with Crippen LogP contribution in [0.2, 0.25) is 0 Å². The van der Waals surface area contributed by atoms with E-state index in [-0.39, 0.29) is 0 Å². The van der Waals surface area contributed by atoms with Gasteiger partial charge in [-0.25, -0.2) is 9.97 Å². The second-order valence-electron chi connectivity index (χ2n) is 2.54. The summed E-state index contributed by atoms with van der Waals surface area (Å²) < 4.78 is 6.98. The number of aromatic nitrogens is 3. The van der Waals surface area contributed by atoms with Crippen LogP contribution >= 0.6 is 0 Å². The first kappa shape index (κ1) is 7.09. The Morgan fingerprint density at radius 1 is 1.42 bits per heavy atom. The monoisotopic (exact) mass is 163 g/mol. The smallest absolute Gasteiger partial charge is 0.241 e. The van der Waals surface area contributed by atoms with Gasteiger partial charge in [0.2, 0.25) is 5.88 Å². The zero-order valence-corrected chi connectivity index (χ0v) is 6.98. The number of methoxy groups -OCH3 is 1. The molecule has 4 heteroatoms. The summed E-state index contributed by atoms with van der Waals surface area (Å²) >= 11 is 0. The van der Waals surface area contributed by atoms with Gasteiger partial charge in [-0.3, -0.25) is 0 Å². The molecule has 0 N–H and O–H groups in total. The molecule has 0 radical (unpaired) electrons. The highest BCUT2D eigenvalue weighted by molar-refractivity contribution is 5.79. The van der Waals surface area contributed by atoms with E-state index in [4.69, 9.17) is 4.74 Å². The summed E-state index contributed by atoms with van der Waals surface area (Å²) in [5.41, 5.74) is 1.84. The Balaban J connectivity index is 2.81. The van der Waals surface area contributed by atoms with Crippen LogP contribution in [0.15, 0.2) is 18.6 Å². The fourth-order valence-electron chi connectivity index (χ4n) is 1.19. The molecular formula is C8H9N3O. The van der Waals surface area contributed by atoms with Gasteiger partial charge in [-0.15, -0.1) is 0 Å². The van der Waals surface area contributed by atoms with Crippen LogP contribution < -0.4 is 4.74 Å². The number of hydrogen-bond donors (Lipinski definition) is 0. The number of aryl methyl sites for hydroxylation is 1. The van der Waals surface area contributed by atoms with E-state index in [9.17, 15) is 0 Å². The molecule has 12 heavy (non-hydrogen) atoms. The number of rotatable bonds is 1. The molecule has 0 fully saturated rings. The summed E-state index contributed by atoms with van der Waals surface area (Å²) in [6, 6.07) is 1.91. The molecule has 0 spiro atoms. The van der Waals surface area contributed by atoms with Crippen LogP contribution in [-0.4, -0.2) is 21.6 Å². The molecule has 2 rings (SSSR count). The quantitative estimate of drug-likeness (QED) is 0.629. The van der Waals surface area contributed by atoms with Crippen molar-refractivity contribution in [3.8, 4) is 5.88 Å². The first-order valence-corrected chi connectivity index (χ1v) is 3.63. The molecule has 0 aliphatic carbocycles. The van der Waals surface area contributed by atoms with Crippen molar-refractivity contribution in [3.05, 3.63) is 18.6 Å². The van der Waals surface area contributed by atoms with E-state index in [0.29, 0.717) is 5.88 Å². The Morgan fingerprint density at radius 2 is 2.25 bits per heavy atom. The molecule has 0 aromatic carbocycles. The van der Waals surface area contributed by atoms with Crippen LogP contribution in [0, 0.1) is 0 Å². The molecule has 2 aromatic rings. The minimum Gasteiger partial charge on any atom is -0.479 e. The molecule has 0 aliphatic rings. The van der Waals surface area contributed by atoms with Crippen molar-refractivity contribution in [3.63, 3.8) is 0 Å². The maximum absolute atomic E-state index is 5.05. The van der Waals surface area contributed by atoms with Crippen molar-refractivity contribution >= 4 is 11.0 Å². The molecule has 62 valence electrons. The number of hydrogen-bond acceptors (Lipinski definition) is 3. The van der Waals surface area contributed by atoms with Gasteiger partial charge in [0.25, 0.3) is 0 Å². The predicted octanol–water partition coefficient (Wildman–Crippen LogP) is 0.977. The maximum atomic E-state index is 5.05. The van der Waals surface area contributed by atoms with Crippen LogP contribution in [-0.2, 0) is 7.05 Å².